The second-order valence-corrected chi connectivity index (χ2v) is 9.63. The maximum atomic E-state index is 6.52. The Kier molecular flexibility index (Phi) is 3.57. The number of benzene rings is 4. The predicted molar refractivity (Wildman–Crippen MR) is 134 cm³/mol. The zero-order chi connectivity index (χ0) is 21.6. The standard InChI is InChI=1S/C29H24BNO/c1-17-5-4-6-22(11-17)31-25-16-21-9-8-20(21)15-23(25)30-24-12-18(2)7-10-27(24)32-28-14-19(3)13-26(31)29(28)30/h4-7,10-16H,8-9H2,1-3H3. The molecule has 0 bridgehead atoms. The molecular formula is C29H24BNO. The minimum atomic E-state index is 0.200. The SMILES string of the molecule is Cc1cccc(N2c3cc4c(cc3B3c5cc(C)ccc5Oc5cc(C)cc2c53)CC4)c1. The average Bonchev–Trinajstić information content (AvgIpc) is 2.75. The third-order valence-corrected chi connectivity index (χ3v) is 7.31. The zero-order valence-electron chi connectivity index (χ0n) is 18.7. The lowest BCUT2D eigenvalue weighted by atomic mass is 9.33. The van der Waals surface area contributed by atoms with E-state index in [0.717, 1.165) is 11.5 Å². The maximum absolute atomic E-state index is 6.52. The quantitative estimate of drug-likeness (QED) is 0.347. The third-order valence-electron chi connectivity index (χ3n) is 7.31. The molecule has 0 saturated carbocycles. The highest BCUT2D eigenvalue weighted by atomic mass is 16.5. The van der Waals surface area contributed by atoms with E-state index in [2.05, 4.69) is 92.4 Å². The summed E-state index contributed by atoms with van der Waals surface area (Å²) in [6, 6.07) is 24.9. The minimum Gasteiger partial charge on any atom is -0.458 e. The highest BCUT2D eigenvalue weighted by Crippen LogP contribution is 2.43. The Labute approximate surface area is 189 Å². The smallest absolute Gasteiger partial charge is 0.256 e. The summed E-state index contributed by atoms with van der Waals surface area (Å²) in [6.45, 7) is 6.71. The van der Waals surface area contributed by atoms with Gasteiger partial charge in [-0.15, -0.1) is 0 Å². The van der Waals surface area contributed by atoms with Gasteiger partial charge < -0.3 is 9.64 Å². The van der Waals surface area contributed by atoms with Gasteiger partial charge in [0.2, 0.25) is 0 Å². The number of hydrogen-bond acceptors (Lipinski definition) is 2. The Hall–Kier alpha value is -3.46. The third kappa shape index (κ3) is 2.42. The van der Waals surface area contributed by atoms with Crippen molar-refractivity contribution in [1.29, 1.82) is 0 Å². The molecule has 0 fully saturated rings. The lowest BCUT2D eigenvalue weighted by Gasteiger charge is -2.41. The van der Waals surface area contributed by atoms with E-state index >= 15 is 0 Å². The molecule has 0 spiro atoms. The van der Waals surface area contributed by atoms with Crippen LogP contribution in [0.3, 0.4) is 0 Å². The predicted octanol–water partition coefficient (Wildman–Crippen LogP) is 5.12. The summed E-state index contributed by atoms with van der Waals surface area (Å²) in [6.07, 6.45) is 2.37. The van der Waals surface area contributed by atoms with Crippen molar-refractivity contribution < 1.29 is 4.74 Å². The van der Waals surface area contributed by atoms with Crippen LogP contribution < -0.4 is 26.0 Å². The Balaban J connectivity index is 1.59. The fraction of sp³-hybridized carbons (Fsp3) is 0.172. The Morgan fingerprint density at radius 1 is 0.688 bits per heavy atom. The van der Waals surface area contributed by atoms with E-state index in [9.17, 15) is 0 Å². The van der Waals surface area contributed by atoms with Crippen molar-refractivity contribution in [3.8, 4) is 11.5 Å². The van der Waals surface area contributed by atoms with Crippen LogP contribution in [0.2, 0.25) is 0 Å². The lowest BCUT2D eigenvalue weighted by Crippen LogP contribution is -2.60. The largest absolute Gasteiger partial charge is 0.458 e. The molecule has 0 saturated heterocycles. The van der Waals surface area contributed by atoms with Gasteiger partial charge in [0.15, 0.2) is 0 Å². The lowest BCUT2D eigenvalue weighted by molar-refractivity contribution is 0.487. The highest BCUT2D eigenvalue weighted by molar-refractivity contribution is 6.99. The molecule has 7 rings (SSSR count). The van der Waals surface area contributed by atoms with Gasteiger partial charge in [-0.05, 0) is 109 Å². The van der Waals surface area contributed by atoms with Crippen LogP contribution in [0.15, 0.2) is 66.7 Å². The van der Waals surface area contributed by atoms with Gasteiger partial charge in [0, 0.05) is 17.1 Å². The fourth-order valence-electron chi connectivity index (χ4n) is 5.74. The van der Waals surface area contributed by atoms with Gasteiger partial charge in [0.1, 0.15) is 11.5 Å². The molecular weight excluding hydrogens is 389 g/mol. The number of ether oxygens (including phenoxy) is 1. The van der Waals surface area contributed by atoms with Crippen LogP contribution in [-0.4, -0.2) is 6.71 Å². The molecule has 0 amide bonds. The molecule has 4 aromatic rings. The molecule has 3 heteroatoms. The highest BCUT2D eigenvalue weighted by Gasteiger charge is 2.42. The van der Waals surface area contributed by atoms with E-state index in [4.69, 9.17) is 4.74 Å². The molecule has 0 unspecified atom stereocenters. The van der Waals surface area contributed by atoms with Crippen molar-refractivity contribution >= 4 is 40.2 Å². The van der Waals surface area contributed by atoms with Crippen LogP contribution in [0.5, 0.6) is 11.5 Å². The summed E-state index contributed by atoms with van der Waals surface area (Å²) in [5.74, 6) is 1.98. The molecule has 4 aromatic carbocycles. The van der Waals surface area contributed by atoms with Crippen molar-refractivity contribution in [3.63, 3.8) is 0 Å². The van der Waals surface area contributed by atoms with E-state index in [1.165, 1.54) is 74.1 Å². The molecule has 2 nitrogen and oxygen atoms in total. The summed E-state index contributed by atoms with van der Waals surface area (Å²) in [5.41, 5.74) is 14.5. The topological polar surface area (TPSA) is 12.5 Å². The van der Waals surface area contributed by atoms with Crippen molar-refractivity contribution in [2.45, 2.75) is 33.6 Å². The molecule has 0 atom stereocenters. The number of rotatable bonds is 1. The number of hydrogen-bond donors (Lipinski definition) is 0. The van der Waals surface area contributed by atoms with Crippen LogP contribution in [0.4, 0.5) is 17.1 Å². The summed E-state index contributed by atoms with van der Waals surface area (Å²) in [7, 11) is 0. The average molecular weight is 413 g/mol. The summed E-state index contributed by atoms with van der Waals surface area (Å²) >= 11 is 0. The molecule has 0 aromatic heterocycles. The number of nitrogens with zero attached hydrogens (tertiary/aromatic N) is 1. The normalized spacial score (nSPS) is 14.6. The molecule has 3 aliphatic rings. The minimum absolute atomic E-state index is 0.200. The van der Waals surface area contributed by atoms with Crippen molar-refractivity contribution in [3.05, 3.63) is 94.5 Å². The van der Waals surface area contributed by atoms with Crippen LogP contribution in [-0.2, 0) is 12.8 Å². The zero-order valence-corrected chi connectivity index (χ0v) is 18.7. The van der Waals surface area contributed by atoms with Gasteiger partial charge in [-0.1, -0.05) is 35.9 Å². The first-order valence-corrected chi connectivity index (χ1v) is 11.5. The second kappa shape index (κ2) is 6.29. The number of fused-ring (bicyclic) bond motifs is 5. The van der Waals surface area contributed by atoms with E-state index in [1.807, 2.05) is 0 Å². The summed E-state index contributed by atoms with van der Waals surface area (Å²) in [5, 5.41) is 0. The van der Waals surface area contributed by atoms with Crippen LogP contribution >= 0.6 is 0 Å². The van der Waals surface area contributed by atoms with E-state index in [1.54, 1.807) is 0 Å². The first kappa shape index (κ1) is 18.1. The van der Waals surface area contributed by atoms with E-state index in [-0.39, 0.29) is 6.71 Å². The molecule has 0 radical (unpaired) electrons. The van der Waals surface area contributed by atoms with Gasteiger partial charge in [0.25, 0.3) is 6.71 Å². The Morgan fingerprint density at radius 3 is 2.31 bits per heavy atom. The van der Waals surface area contributed by atoms with Crippen molar-refractivity contribution in [1.82, 2.24) is 0 Å². The van der Waals surface area contributed by atoms with E-state index in [0.29, 0.717) is 0 Å². The molecule has 2 heterocycles. The number of aryl methyl sites for hydroxylation is 5. The van der Waals surface area contributed by atoms with Crippen LogP contribution in [0.1, 0.15) is 27.8 Å². The Morgan fingerprint density at radius 2 is 1.50 bits per heavy atom. The summed E-state index contributed by atoms with van der Waals surface area (Å²) < 4.78 is 6.52. The number of anilines is 3. The van der Waals surface area contributed by atoms with Crippen molar-refractivity contribution in [2.24, 2.45) is 0 Å². The first-order valence-electron chi connectivity index (χ1n) is 11.5. The molecule has 32 heavy (non-hydrogen) atoms. The summed E-state index contributed by atoms with van der Waals surface area (Å²) in [4.78, 5) is 2.47. The monoisotopic (exact) mass is 413 g/mol. The van der Waals surface area contributed by atoms with Gasteiger partial charge >= 0.3 is 0 Å². The van der Waals surface area contributed by atoms with Gasteiger partial charge in [-0.3, -0.25) is 0 Å². The molecule has 154 valence electrons. The first-order chi connectivity index (χ1) is 15.6. The van der Waals surface area contributed by atoms with E-state index < -0.39 is 0 Å². The van der Waals surface area contributed by atoms with Crippen LogP contribution in [0, 0.1) is 20.8 Å². The molecule has 0 N–H and O–H groups in total. The molecule has 2 aliphatic heterocycles. The maximum Gasteiger partial charge on any atom is 0.256 e. The van der Waals surface area contributed by atoms with Gasteiger partial charge in [-0.25, -0.2) is 0 Å². The van der Waals surface area contributed by atoms with Crippen molar-refractivity contribution in [2.75, 3.05) is 4.90 Å². The van der Waals surface area contributed by atoms with Crippen LogP contribution in [0.25, 0.3) is 0 Å². The second-order valence-electron chi connectivity index (χ2n) is 9.63. The van der Waals surface area contributed by atoms with Gasteiger partial charge in [0.05, 0.1) is 0 Å². The molecule has 1 aliphatic carbocycles. The van der Waals surface area contributed by atoms with Gasteiger partial charge in [-0.2, -0.15) is 0 Å². The fourth-order valence-corrected chi connectivity index (χ4v) is 5.74. The Bertz CT molecular complexity index is 1450.